The molecule has 2 aromatic rings. The molecule has 2 rings (SSSR count). The molecule has 0 aliphatic heterocycles. The Hall–Kier alpha value is -1.96. The number of benzene rings is 2. The van der Waals surface area contributed by atoms with E-state index < -0.39 is 5.82 Å². The van der Waals surface area contributed by atoms with E-state index in [1.807, 2.05) is 24.3 Å². The van der Waals surface area contributed by atoms with E-state index in [1.165, 1.54) is 17.7 Å². The third-order valence-electron chi connectivity index (χ3n) is 3.36. The smallest absolute Gasteiger partial charge is 0.170 e. The molecule has 0 fully saturated rings. The van der Waals surface area contributed by atoms with Crippen molar-refractivity contribution in [3.05, 3.63) is 71.0 Å². The van der Waals surface area contributed by atoms with E-state index in [1.54, 1.807) is 12.1 Å². The highest BCUT2D eigenvalue weighted by Crippen LogP contribution is 2.22. The number of rotatable bonds is 3. The maximum absolute atomic E-state index is 13.5. The maximum atomic E-state index is 13.5. The lowest BCUT2D eigenvalue weighted by Gasteiger charge is -2.19. The van der Waals surface area contributed by atoms with Crippen molar-refractivity contribution in [3.63, 3.8) is 0 Å². The van der Waals surface area contributed by atoms with E-state index >= 15 is 0 Å². The summed E-state index contributed by atoms with van der Waals surface area (Å²) in [5.74, 6) is -0.643. The van der Waals surface area contributed by atoms with Crippen molar-refractivity contribution < 1.29 is 9.18 Å². The van der Waals surface area contributed by atoms with Gasteiger partial charge in [0.2, 0.25) is 0 Å². The molecule has 20 heavy (non-hydrogen) atoms. The van der Waals surface area contributed by atoms with Gasteiger partial charge in [0.1, 0.15) is 5.82 Å². The first-order valence-corrected chi connectivity index (χ1v) is 6.75. The lowest BCUT2D eigenvalue weighted by Crippen LogP contribution is -2.11. The Balaban J connectivity index is 2.15. The summed E-state index contributed by atoms with van der Waals surface area (Å²) in [6.45, 7) is 6.44. The lowest BCUT2D eigenvalue weighted by atomic mass is 9.86. The van der Waals surface area contributed by atoms with Gasteiger partial charge in [-0.2, -0.15) is 0 Å². The van der Waals surface area contributed by atoms with Gasteiger partial charge in [-0.3, -0.25) is 4.79 Å². The Morgan fingerprint density at radius 1 is 1.00 bits per heavy atom. The van der Waals surface area contributed by atoms with E-state index in [4.69, 9.17) is 0 Å². The predicted octanol–water partition coefficient (Wildman–Crippen LogP) is 4.55. The summed E-state index contributed by atoms with van der Waals surface area (Å²) in [5, 5.41) is 0. The van der Waals surface area contributed by atoms with Crippen LogP contribution in [0.15, 0.2) is 48.5 Å². The van der Waals surface area contributed by atoms with Crippen LogP contribution < -0.4 is 0 Å². The highest BCUT2D eigenvalue weighted by atomic mass is 19.1. The van der Waals surface area contributed by atoms with Crippen molar-refractivity contribution in [1.82, 2.24) is 0 Å². The Bertz CT molecular complexity index is 606. The molecular formula is C18H19FO. The second-order valence-corrected chi connectivity index (χ2v) is 6.03. The minimum atomic E-state index is -0.455. The number of ketones is 1. The Morgan fingerprint density at radius 2 is 1.60 bits per heavy atom. The minimum absolute atomic E-state index is 0.0913. The molecule has 0 amide bonds. The molecule has 0 unspecified atom stereocenters. The summed E-state index contributed by atoms with van der Waals surface area (Å²) in [5.41, 5.74) is 2.38. The third kappa shape index (κ3) is 3.32. The SMILES string of the molecule is CC(C)(C)c1ccc(CC(=O)c2ccccc2F)cc1. The molecule has 104 valence electrons. The zero-order chi connectivity index (χ0) is 14.8. The number of hydrogen-bond donors (Lipinski definition) is 0. The van der Waals surface area contributed by atoms with Crippen LogP contribution in [-0.2, 0) is 11.8 Å². The van der Waals surface area contributed by atoms with Gasteiger partial charge in [-0.1, -0.05) is 57.2 Å². The van der Waals surface area contributed by atoms with Crippen LogP contribution in [0.4, 0.5) is 4.39 Å². The molecule has 0 aliphatic rings. The van der Waals surface area contributed by atoms with Crippen LogP contribution in [0.3, 0.4) is 0 Å². The molecule has 2 aromatic carbocycles. The second-order valence-electron chi connectivity index (χ2n) is 6.03. The van der Waals surface area contributed by atoms with Gasteiger partial charge in [-0.25, -0.2) is 4.39 Å². The molecule has 0 saturated carbocycles. The fourth-order valence-corrected chi connectivity index (χ4v) is 2.09. The molecule has 0 radical (unpaired) electrons. The van der Waals surface area contributed by atoms with E-state index in [-0.39, 0.29) is 23.2 Å². The van der Waals surface area contributed by atoms with Gasteiger partial charge in [0.15, 0.2) is 5.78 Å². The highest BCUT2D eigenvalue weighted by molar-refractivity contribution is 5.97. The van der Waals surface area contributed by atoms with Gasteiger partial charge in [0.05, 0.1) is 5.56 Å². The van der Waals surface area contributed by atoms with Crippen LogP contribution in [-0.4, -0.2) is 5.78 Å². The predicted molar refractivity (Wildman–Crippen MR) is 79.6 cm³/mol. The van der Waals surface area contributed by atoms with Crippen molar-refractivity contribution in [2.24, 2.45) is 0 Å². The summed E-state index contributed by atoms with van der Waals surface area (Å²) >= 11 is 0. The van der Waals surface area contributed by atoms with Gasteiger partial charge in [0, 0.05) is 6.42 Å². The van der Waals surface area contributed by atoms with Crippen molar-refractivity contribution in [2.45, 2.75) is 32.6 Å². The summed E-state index contributed by atoms with van der Waals surface area (Å²) < 4.78 is 13.5. The molecule has 0 atom stereocenters. The molecule has 0 heterocycles. The Morgan fingerprint density at radius 3 is 2.15 bits per heavy atom. The molecule has 0 N–H and O–H groups in total. The van der Waals surface area contributed by atoms with Crippen LogP contribution in [0.25, 0.3) is 0 Å². The van der Waals surface area contributed by atoms with Crippen LogP contribution >= 0.6 is 0 Å². The van der Waals surface area contributed by atoms with Crippen LogP contribution in [0.1, 0.15) is 42.3 Å². The van der Waals surface area contributed by atoms with Gasteiger partial charge < -0.3 is 0 Å². The quantitative estimate of drug-likeness (QED) is 0.748. The van der Waals surface area contributed by atoms with Gasteiger partial charge in [-0.15, -0.1) is 0 Å². The summed E-state index contributed by atoms with van der Waals surface area (Å²) in [6.07, 6.45) is 0.228. The molecule has 0 saturated heterocycles. The van der Waals surface area contributed by atoms with Gasteiger partial charge >= 0.3 is 0 Å². The summed E-state index contributed by atoms with van der Waals surface area (Å²) in [7, 11) is 0. The maximum Gasteiger partial charge on any atom is 0.170 e. The average molecular weight is 270 g/mol. The topological polar surface area (TPSA) is 17.1 Å². The highest BCUT2D eigenvalue weighted by Gasteiger charge is 2.14. The van der Waals surface area contributed by atoms with Crippen molar-refractivity contribution in [2.75, 3.05) is 0 Å². The molecule has 2 heteroatoms. The van der Waals surface area contributed by atoms with E-state index in [0.717, 1.165) is 5.56 Å². The standard InChI is InChI=1S/C18H19FO/c1-18(2,3)14-10-8-13(9-11-14)12-17(20)15-6-4-5-7-16(15)19/h4-11H,12H2,1-3H3. The summed E-state index contributed by atoms with van der Waals surface area (Å²) in [6, 6.07) is 14.1. The monoisotopic (exact) mass is 270 g/mol. The molecule has 0 aromatic heterocycles. The van der Waals surface area contributed by atoms with Crippen LogP contribution in [0, 0.1) is 5.82 Å². The first-order valence-electron chi connectivity index (χ1n) is 6.75. The molecule has 1 nitrogen and oxygen atoms in total. The zero-order valence-corrected chi connectivity index (χ0v) is 12.1. The zero-order valence-electron chi connectivity index (χ0n) is 12.1. The number of halogens is 1. The van der Waals surface area contributed by atoms with E-state index in [0.29, 0.717) is 0 Å². The largest absolute Gasteiger partial charge is 0.294 e. The van der Waals surface area contributed by atoms with Crippen LogP contribution in [0.5, 0.6) is 0 Å². The third-order valence-corrected chi connectivity index (χ3v) is 3.36. The normalized spacial score (nSPS) is 11.4. The number of carbonyl (C=O) groups is 1. The van der Waals surface area contributed by atoms with Crippen molar-refractivity contribution in [1.29, 1.82) is 0 Å². The van der Waals surface area contributed by atoms with E-state index in [2.05, 4.69) is 20.8 Å². The Labute approximate surface area is 119 Å². The fourth-order valence-electron chi connectivity index (χ4n) is 2.09. The molecule has 0 bridgehead atoms. The minimum Gasteiger partial charge on any atom is -0.294 e. The molecule has 0 spiro atoms. The fraction of sp³-hybridized carbons (Fsp3) is 0.278. The average Bonchev–Trinajstić information content (AvgIpc) is 2.38. The van der Waals surface area contributed by atoms with Gasteiger partial charge in [0.25, 0.3) is 0 Å². The molecule has 0 aliphatic carbocycles. The van der Waals surface area contributed by atoms with Crippen molar-refractivity contribution in [3.8, 4) is 0 Å². The second kappa shape index (κ2) is 5.58. The number of carbonyl (C=O) groups excluding carboxylic acids is 1. The lowest BCUT2D eigenvalue weighted by molar-refractivity contribution is 0.0989. The van der Waals surface area contributed by atoms with Crippen LogP contribution in [0.2, 0.25) is 0 Å². The van der Waals surface area contributed by atoms with Crippen molar-refractivity contribution >= 4 is 5.78 Å². The Kier molecular flexibility index (Phi) is 4.03. The summed E-state index contributed by atoms with van der Waals surface area (Å²) in [4.78, 5) is 12.1. The number of Topliss-reactive ketones (excluding diaryl/α,β-unsaturated/α-hetero) is 1. The van der Waals surface area contributed by atoms with E-state index in [9.17, 15) is 9.18 Å². The molecular weight excluding hydrogens is 251 g/mol. The first kappa shape index (κ1) is 14.4. The number of hydrogen-bond acceptors (Lipinski definition) is 1. The first-order chi connectivity index (χ1) is 9.38. The van der Waals surface area contributed by atoms with Gasteiger partial charge in [-0.05, 0) is 28.7 Å².